The predicted molar refractivity (Wildman–Crippen MR) is 91.9 cm³/mol. The molecule has 1 aromatic heterocycles. The molecule has 5 nitrogen and oxygen atoms in total. The molecule has 1 N–H and O–H groups in total. The van der Waals surface area contributed by atoms with E-state index in [1.54, 1.807) is 18.2 Å². The van der Waals surface area contributed by atoms with E-state index in [0.29, 0.717) is 15.8 Å². The lowest BCUT2D eigenvalue weighted by Gasteiger charge is -2.17. The summed E-state index contributed by atoms with van der Waals surface area (Å²) in [7, 11) is 2.87. The van der Waals surface area contributed by atoms with E-state index >= 15 is 0 Å². The van der Waals surface area contributed by atoms with E-state index < -0.39 is 6.04 Å². The zero-order valence-corrected chi connectivity index (χ0v) is 15.1. The molecule has 1 atom stereocenters. The first-order chi connectivity index (χ1) is 11.0. The second-order valence-corrected chi connectivity index (χ2v) is 6.50. The first-order valence-electron chi connectivity index (χ1n) is 6.79. The van der Waals surface area contributed by atoms with Crippen LogP contribution in [0.3, 0.4) is 0 Å². The Morgan fingerprint density at radius 3 is 2.70 bits per heavy atom. The maximum absolute atomic E-state index is 12.6. The van der Waals surface area contributed by atoms with Gasteiger partial charge in [0.25, 0.3) is 5.91 Å². The smallest absolute Gasteiger partial charge is 0.307 e. The number of halogens is 1. The van der Waals surface area contributed by atoms with Crippen LogP contribution in [0.2, 0.25) is 0 Å². The molecule has 122 valence electrons. The molecule has 0 aliphatic rings. The summed E-state index contributed by atoms with van der Waals surface area (Å²) < 4.78 is 10.5. The van der Waals surface area contributed by atoms with Crippen LogP contribution >= 0.6 is 27.3 Å². The minimum Gasteiger partial charge on any atom is -0.497 e. The van der Waals surface area contributed by atoms with Crippen LogP contribution in [0.1, 0.15) is 27.7 Å². The first kappa shape index (κ1) is 17.5. The highest BCUT2D eigenvalue weighted by atomic mass is 79.9. The van der Waals surface area contributed by atoms with Crippen LogP contribution in [0.25, 0.3) is 0 Å². The topological polar surface area (TPSA) is 64.6 Å². The lowest BCUT2D eigenvalue weighted by atomic mass is 10.1. The SMILES string of the molecule is COC(=O)CC(NC(=O)c1cc(OC)ccc1Br)c1cccs1. The van der Waals surface area contributed by atoms with Crippen molar-refractivity contribution in [3.8, 4) is 5.75 Å². The van der Waals surface area contributed by atoms with E-state index in [9.17, 15) is 9.59 Å². The van der Waals surface area contributed by atoms with Gasteiger partial charge in [-0.05, 0) is 45.6 Å². The molecule has 0 fully saturated rings. The number of ether oxygens (including phenoxy) is 2. The molecule has 1 amide bonds. The predicted octanol–water partition coefficient (Wildman–Crippen LogP) is 3.55. The number of hydrogen-bond donors (Lipinski definition) is 1. The lowest BCUT2D eigenvalue weighted by Crippen LogP contribution is -2.30. The quantitative estimate of drug-likeness (QED) is 0.756. The highest BCUT2D eigenvalue weighted by molar-refractivity contribution is 9.10. The highest BCUT2D eigenvalue weighted by Crippen LogP contribution is 2.26. The molecule has 1 aromatic carbocycles. The number of hydrogen-bond acceptors (Lipinski definition) is 5. The number of carbonyl (C=O) groups excluding carboxylic acids is 2. The van der Waals surface area contributed by atoms with Crippen LogP contribution in [0.5, 0.6) is 5.75 Å². The Bertz CT molecular complexity index is 687. The van der Waals surface area contributed by atoms with Crippen molar-refractivity contribution in [2.24, 2.45) is 0 Å². The average Bonchev–Trinajstić information content (AvgIpc) is 3.08. The van der Waals surface area contributed by atoms with E-state index in [1.807, 2.05) is 17.5 Å². The van der Waals surface area contributed by atoms with Gasteiger partial charge in [-0.15, -0.1) is 11.3 Å². The summed E-state index contributed by atoms with van der Waals surface area (Å²) in [6.45, 7) is 0. The minimum atomic E-state index is -0.437. The van der Waals surface area contributed by atoms with Gasteiger partial charge < -0.3 is 14.8 Å². The van der Waals surface area contributed by atoms with Gasteiger partial charge >= 0.3 is 5.97 Å². The summed E-state index contributed by atoms with van der Waals surface area (Å²) in [6.07, 6.45) is 0.0738. The third-order valence-electron chi connectivity index (χ3n) is 3.21. The average molecular weight is 398 g/mol. The molecule has 0 radical (unpaired) electrons. The van der Waals surface area contributed by atoms with Crippen molar-refractivity contribution in [3.05, 3.63) is 50.6 Å². The van der Waals surface area contributed by atoms with Gasteiger partial charge in [0.05, 0.1) is 32.2 Å². The second kappa shape index (κ2) is 8.12. The van der Waals surface area contributed by atoms with Crippen LogP contribution in [-0.4, -0.2) is 26.1 Å². The number of amides is 1. The van der Waals surface area contributed by atoms with Crippen molar-refractivity contribution in [3.63, 3.8) is 0 Å². The fourth-order valence-corrected chi connectivity index (χ4v) is 3.21. The van der Waals surface area contributed by atoms with Crippen molar-refractivity contribution in [1.29, 1.82) is 0 Å². The number of esters is 1. The number of carbonyl (C=O) groups is 2. The molecule has 1 unspecified atom stereocenters. The Labute approximate surface area is 146 Å². The van der Waals surface area contributed by atoms with E-state index in [1.165, 1.54) is 25.6 Å². The van der Waals surface area contributed by atoms with E-state index in [-0.39, 0.29) is 18.3 Å². The van der Waals surface area contributed by atoms with Crippen molar-refractivity contribution in [2.45, 2.75) is 12.5 Å². The molecule has 0 saturated heterocycles. The van der Waals surface area contributed by atoms with Gasteiger partial charge in [0.15, 0.2) is 0 Å². The fraction of sp³-hybridized carbons (Fsp3) is 0.250. The minimum absolute atomic E-state index is 0.0738. The van der Waals surface area contributed by atoms with Gasteiger partial charge in [-0.3, -0.25) is 9.59 Å². The van der Waals surface area contributed by atoms with Crippen LogP contribution < -0.4 is 10.1 Å². The summed E-state index contributed by atoms with van der Waals surface area (Å²) in [5, 5.41) is 4.77. The van der Waals surface area contributed by atoms with E-state index in [0.717, 1.165) is 4.88 Å². The summed E-state index contributed by atoms with van der Waals surface area (Å²) in [4.78, 5) is 25.1. The van der Waals surface area contributed by atoms with E-state index in [4.69, 9.17) is 9.47 Å². The van der Waals surface area contributed by atoms with Crippen LogP contribution in [0, 0.1) is 0 Å². The first-order valence-corrected chi connectivity index (χ1v) is 8.47. The van der Waals surface area contributed by atoms with Gasteiger partial charge in [-0.1, -0.05) is 6.07 Å². The van der Waals surface area contributed by atoms with Crippen molar-refractivity contribution < 1.29 is 19.1 Å². The Kier molecular flexibility index (Phi) is 6.18. The maximum atomic E-state index is 12.6. The molecule has 7 heteroatoms. The lowest BCUT2D eigenvalue weighted by molar-refractivity contribution is -0.141. The molecular formula is C16H16BrNO4S. The number of benzene rings is 1. The van der Waals surface area contributed by atoms with Crippen molar-refractivity contribution >= 4 is 39.1 Å². The largest absolute Gasteiger partial charge is 0.497 e. The van der Waals surface area contributed by atoms with Crippen molar-refractivity contribution in [1.82, 2.24) is 5.32 Å². The molecule has 0 bridgehead atoms. The van der Waals surface area contributed by atoms with Gasteiger partial charge in [-0.25, -0.2) is 0 Å². The van der Waals surface area contributed by atoms with Crippen LogP contribution in [0.15, 0.2) is 40.2 Å². The summed E-state index contributed by atoms with van der Waals surface area (Å²) in [5.74, 6) is -0.0922. The number of rotatable bonds is 6. The van der Waals surface area contributed by atoms with E-state index in [2.05, 4.69) is 21.2 Å². The fourth-order valence-electron chi connectivity index (χ4n) is 2.00. The zero-order chi connectivity index (χ0) is 16.8. The molecule has 2 aromatic rings. The molecule has 0 aliphatic heterocycles. The molecule has 2 rings (SSSR count). The van der Waals surface area contributed by atoms with Gasteiger partial charge in [0.1, 0.15) is 5.75 Å². The maximum Gasteiger partial charge on any atom is 0.307 e. The standard InChI is InChI=1S/C16H16BrNO4S/c1-21-10-5-6-12(17)11(8-10)16(20)18-13(9-15(19)22-2)14-4-3-7-23-14/h3-8,13H,9H2,1-2H3,(H,18,20). The molecule has 1 heterocycles. The molecular weight excluding hydrogens is 382 g/mol. The van der Waals surface area contributed by atoms with Gasteiger partial charge in [0, 0.05) is 9.35 Å². The van der Waals surface area contributed by atoms with Gasteiger partial charge in [-0.2, -0.15) is 0 Å². The summed E-state index contributed by atoms with van der Waals surface area (Å²) >= 11 is 4.83. The summed E-state index contributed by atoms with van der Waals surface area (Å²) in [5.41, 5.74) is 0.441. The van der Waals surface area contributed by atoms with Crippen LogP contribution in [-0.2, 0) is 9.53 Å². The molecule has 0 spiro atoms. The van der Waals surface area contributed by atoms with Crippen molar-refractivity contribution in [2.75, 3.05) is 14.2 Å². The second-order valence-electron chi connectivity index (χ2n) is 4.67. The number of methoxy groups -OCH3 is 2. The Balaban J connectivity index is 2.22. The Morgan fingerprint density at radius 1 is 1.30 bits per heavy atom. The molecule has 0 saturated carbocycles. The molecule has 23 heavy (non-hydrogen) atoms. The highest BCUT2D eigenvalue weighted by Gasteiger charge is 2.22. The van der Waals surface area contributed by atoms with Crippen LogP contribution in [0.4, 0.5) is 0 Å². The Hall–Kier alpha value is -1.86. The number of thiophene rings is 1. The van der Waals surface area contributed by atoms with Gasteiger partial charge in [0.2, 0.25) is 0 Å². The Morgan fingerprint density at radius 2 is 2.09 bits per heavy atom. The number of nitrogens with one attached hydrogen (secondary N) is 1. The normalized spacial score (nSPS) is 11.6. The third-order valence-corrected chi connectivity index (χ3v) is 4.89. The monoisotopic (exact) mass is 397 g/mol. The summed E-state index contributed by atoms with van der Waals surface area (Å²) in [6, 6.07) is 8.45. The zero-order valence-electron chi connectivity index (χ0n) is 12.7. The molecule has 0 aliphatic carbocycles. The third kappa shape index (κ3) is 4.56.